The molecule has 0 spiro atoms. The van der Waals surface area contributed by atoms with Gasteiger partial charge in [0, 0.05) is 16.7 Å². The highest BCUT2D eigenvalue weighted by atomic mass is 19.1. The van der Waals surface area contributed by atoms with Gasteiger partial charge in [0.05, 0.1) is 0 Å². The predicted octanol–water partition coefficient (Wildman–Crippen LogP) is 3.97. The number of hydrogen-bond acceptors (Lipinski definition) is 5. The van der Waals surface area contributed by atoms with E-state index < -0.39 is 0 Å². The minimum atomic E-state index is -0.308. The molecule has 3 N–H and O–H groups in total. The van der Waals surface area contributed by atoms with Crippen molar-refractivity contribution in [2.24, 2.45) is 4.99 Å². The summed E-state index contributed by atoms with van der Waals surface area (Å²) >= 11 is 0. The average molecular weight is 402 g/mol. The van der Waals surface area contributed by atoms with Crippen molar-refractivity contribution in [3.8, 4) is 22.8 Å². The molecule has 5 rings (SSSR count). The van der Waals surface area contributed by atoms with Crippen LogP contribution < -0.4 is 10.9 Å². The highest BCUT2D eigenvalue weighted by Gasteiger charge is 2.19. The average Bonchev–Trinajstić information content (AvgIpc) is 3.45. The van der Waals surface area contributed by atoms with Gasteiger partial charge in [0.25, 0.3) is 0 Å². The third-order valence-corrected chi connectivity index (χ3v) is 4.77. The number of aromatic nitrogens is 3. The van der Waals surface area contributed by atoms with E-state index in [0.717, 1.165) is 22.3 Å². The predicted molar refractivity (Wildman–Crippen MR) is 109 cm³/mol. The first kappa shape index (κ1) is 18.1. The zero-order valence-corrected chi connectivity index (χ0v) is 15.6. The van der Waals surface area contributed by atoms with Gasteiger partial charge < -0.3 is 5.43 Å². The summed E-state index contributed by atoms with van der Waals surface area (Å²) in [6.07, 6.45) is -0.308. The molecule has 1 aliphatic heterocycles. The molecule has 1 atom stereocenters. The zero-order chi connectivity index (χ0) is 20.5. The van der Waals surface area contributed by atoms with Gasteiger partial charge in [0.15, 0.2) is 11.6 Å². The summed E-state index contributed by atoms with van der Waals surface area (Å²) in [6, 6.07) is 19.9. The van der Waals surface area contributed by atoms with Crippen LogP contribution in [0.2, 0.25) is 0 Å². The van der Waals surface area contributed by atoms with Gasteiger partial charge in [0.1, 0.15) is 23.6 Å². The Morgan fingerprint density at radius 3 is 2.23 bits per heavy atom. The molecule has 30 heavy (non-hydrogen) atoms. The summed E-state index contributed by atoms with van der Waals surface area (Å²) in [7, 11) is 0. The molecule has 0 saturated carbocycles. The minimum absolute atomic E-state index is 0.284. The molecule has 1 aliphatic rings. The quantitative estimate of drug-likeness (QED) is 0.483. The maximum Gasteiger partial charge on any atom is 0.181 e. The molecule has 8 heteroatoms. The van der Waals surface area contributed by atoms with Crippen LogP contribution in [0.25, 0.3) is 22.8 Å². The molecular formula is C22H16F2N6. The van der Waals surface area contributed by atoms with E-state index in [1.54, 1.807) is 24.3 Å². The molecule has 6 nitrogen and oxygen atoms in total. The van der Waals surface area contributed by atoms with Crippen molar-refractivity contribution in [3.63, 3.8) is 0 Å². The van der Waals surface area contributed by atoms with Gasteiger partial charge in [-0.25, -0.2) is 24.2 Å². The number of nitrogens with one attached hydrogen (secondary N) is 3. The molecule has 0 fully saturated rings. The zero-order valence-electron chi connectivity index (χ0n) is 15.6. The molecule has 3 aromatic carbocycles. The van der Waals surface area contributed by atoms with Gasteiger partial charge in [-0.3, -0.25) is 5.10 Å². The number of amidine groups is 1. The molecule has 0 bridgehead atoms. The number of H-pyrrole nitrogens is 1. The molecule has 1 unspecified atom stereocenters. The van der Waals surface area contributed by atoms with E-state index in [1.165, 1.54) is 24.3 Å². The molecule has 0 saturated heterocycles. The minimum Gasteiger partial charge on any atom is -0.303 e. The Labute approximate surface area is 170 Å². The van der Waals surface area contributed by atoms with Crippen LogP contribution in [0.5, 0.6) is 0 Å². The van der Waals surface area contributed by atoms with Crippen LogP contribution in [0, 0.1) is 11.6 Å². The first-order valence-electron chi connectivity index (χ1n) is 9.30. The summed E-state index contributed by atoms with van der Waals surface area (Å²) in [6.45, 7) is 0. The molecule has 1 aromatic heterocycles. The Morgan fingerprint density at radius 1 is 0.767 bits per heavy atom. The fourth-order valence-electron chi connectivity index (χ4n) is 3.21. The first-order valence-corrected chi connectivity index (χ1v) is 9.30. The molecule has 148 valence electrons. The second-order valence-electron chi connectivity index (χ2n) is 6.80. The van der Waals surface area contributed by atoms with Crippen molar-refractivity contribution in [2.45, 2.75) is 6.17 Å². The maximum atomic E-state index is 13.1. The SMILES string of the molecule is Fc1ccc(-c2nc(-c3cccc(C4=NC(c5ccc(F)cc5)NN4)c3)n[nH]2)cc1. The van der Waals surface area contributed by atoms with Crippen molar-refractivity contribution in [2.75, 3.05) is 0 Å². The van der Waals surface area contributed by atoms with Crippen molar-refractivity contribution in [3.05, 3.63) is 95.6 Å². The summed E-state index contributed by atoms with van der Waals surface area (Å²) < 4.78 is 26.3. The Balaban J connectivity index is 1.40. The highest BCUT2D eigenvalue weighted by Crippen LogP contribution is 2.23. The number of aromatic amines is 1. The van der Waals surface area contributed by atoms with Crippen molar-refractivity contribution in [1.82, 2.24) is 26.0 Å². The molecule has 4 aromatic rings. The molecule has 0 amide bonds. The topological polar surface area (TPSA) is 78.0 Å². The van der Waals surface area contributed by atoms with Crippen molar-refractivity contribution < 1.29 is 8.78 Å². The number of nitrogens with zero attached hydrogens (tertiary/aromatic N) is 3. The normalized spacial score (nSPS) is 15.7. The van der Waals surface area contributed by atoms with Crippen molar-refractivity contribution in [1.29, 1.82) is 0 Å². The van der Waals surface area contributed by atoms with Crippen LogP contribution in [-0.4, -0.2) is 21.0 Å². The summed E-state index contributed by atoms with van der Waals surface area (Å²) in [5, 5.41) is 7.17. The summed E-state index contributed by atoms with van der Waals surface area (Å²) in [5.41, 5.74) is 9.43. The number of benzene rings is 3. The lowest BCUT2D eigenvalue weighted by Crippen LogP contribution is -2.31. The third-order valence-electron chi connectivity index (χ3n) is 4.77. The standard InChI is InChI=1S/C22H16F2N6/c23-17-8-4-13(5-9-17)19-25-21(29-27-19)15-2-1-3-16(12-15)22-26-20(28-30-22)14-6-10-18(24)11-7-14/h1-12,19,27H,(H,25,29)(H,26,28,30). The van der Waals surface area contributed by atoms with Crippen LogP contribution in [0.1, 0.15) is 17.3 Å². The Morgan fingerprint density at radius 2 is 1.47 bits per heavy atom. The largest absolute Gasteiger partial charge is 0.303 e. The number of hydrogen-bond donors (Lipinski definition) is 3. The van der Waals surface area contributed by atoms with E-state index in [9.17, 15) is 8.78 Å². The van der Waals surface area contributed by atoms with Gasteiger partial charge >= 0.3 is 0 Å². The van der Waals surface area contributed by atoms with Crippen LogP contribution in [0.4, 0.5) is 8.78 Å². The number of rotatable bonds is 4. The lowest BCUT2D eigenvalue weighted by atomic mass is 10.1. The molecule has 0 radical (unpaired) electrons. The Bertz CT molecular complexity index is 1220. The summed E-state index contributed by atoms with van der Waals surface area (Å²) in [5.74, 6) is 1.17. The first-order chi connectivity index (χ1) is 14.7. The van der Waals surface area contributed by atoms with E-state index in [4.69, 9.17) is 0 Å². The van der Waals surface area contributed by atoms with Gasteiger partial charge in [-0.05, 0) is 48.0 Å². The van der Waals surface area contributed by atoms with E-state index in [1.807, 2.05) is 24.3 Å². The van der Waals surface area contributed by atoms with Crippen LogP contribution >= 0.6 is 0 Å². The lowest BCUT2D eigenvalue weighted by molar-refractivity contribution is 0.571. The van der Waals surface area contributed by atoms with Gasteiger partial charge in [0.2, 0.25) is 0 Å². The number of halogens is 2. The Hall–Kier alpha value is -3.91. The highest BCUT2D eigenvalue weighted by molar-refractivity contribution is 6.00. The van der Waals surface area contributed by atoms with Gasteiger partial charge in [-0.2, -0.15) is 5.10 Å². The van der Waals surface area contributed by atoms with Gasteiger partial charge in [-0.1, -0.05) is 30.3 Å². The second kappa shape index (κ2) is 7.49. The molecule has 0 aliphatic carbocycles. The fourth-order valence-corrected chi connectivity index (χ4v) is 3.21. The van der Waals surface area contributed by atoms with Crippen LogP contribution in [0.3, 0.4) is 0 Å². The van der Waals surface area contributed by atoms with E-state index in [0.29, 0.717) is 17.5 Å². The molecule has 2 heterocycles. The summed E-state index contributed by atoms with van der Waals surface area (Å²) in [4.78, 5) is 9.16. The second-order valence-corrected chi connectivity index (χ2v) is 6.80. The third kappa shape index (κ3) is 3.56. The van der Waals surface area contributed by atoms with Gasteiger partial charge in [-0.15, -0.1) is 0 Å². The van der Waals surface area contributed by atoms with E-state index >= 15 is 0 Å². The van der Waals surface area contributed by atoms with E-state index in [-0.39, 0.29) is 17.8 Å². The number of hydrazine groups is 1. The van der Waals surface area contributed by atoms with Crippen molar-refractivity contribution >= 4 is 5.84 Å². The number of aliphatic imine (C=N–C) groups is 1. The van der Waals surface area contributed by atoms with Crippen LogP contribution in [0.15, 0.2) is 77.8 Å². The lowest BCUT2D eigenvalue weighted by Gasteiger charge is -2.06. The smallest absolute Gasteiger partial charge is 0.181 e. The maximum absolute atomic E-state index is 13.1. The monoisotopic (exact) mass is 402 g/mol. The van der Waals surface area contributed by atoms with Crippen LogP contribution in [-0.2, 0) is 0 Å². The Kier molecular flexibility index (Phi) is 4.53. The molecular weight excluding hydrogens is 386 g/mol. The van der Waals surface area contributed by atoms with E-state index in [2.05, 4.69) is 31.0 Å². The fraction of sp³-hybridized carbons (Fsp3) is 0.0455.